The largest absolute Gasteiger partial charge is 0.481 e. The summed E-state index contributed by atoms with van der Waals surface area (Å²) in [4.78, 5) is 10.6. The summed E-state index contributed by atoms with van der Waals surface area (Å²) in [7, 11) is 0. The first-order chi connectivity index (χ1) is 8.56. The highest BCUT2D eigenvalue weighted by atomic mass is 79.9. The van der Waals surface area contributed by atoms with Gasteiger partial charge in [0.05, 0.1) is 17.2 Å². The zero-order valence-electron chi connectivity index (χ0n) is 10.1. The minimum Gasteiger partial charge on any atom is -0.481 e. The number of halogens is 1. The highest BCUT2D eigenvalue weighted by molar-refractivity contribution is 9.10. The molecule has 0 saturated heterocycles. The maximum Gasteiger partial charge on any atom is 0.306 e. The molecular formula is C13H15BrN2O2. The first-order valence-corrected chi connectivity index (χ1v) is 6.51. The summed E-state index contributed by atoms with van der Waals surface area (Å²) in [5, 5.41) is 20.9. The Bertz CT molecular complexity index is 469. The van der Waals surface area contributed by atoms with Crippen molar-refractivity contribution >= 4 is 27.6 Å². The SMILES string of the molecule is CC(CCCNc1cccc(Br)c1C#N)C(=O)O. The van der Waals surface area contributed by atoms with Crippen molar-refractivity contribution in [1.29, 1.82) is 5.26 Å². The van der Waals surface area contributed by atoms with Gasteiger partial charge in [-0.25, -0.2) is 0 Å². The number of aliphatic carboxylic acids is 1. The molecule has 1 aromatic carbocycles. The molecule has 2 N–H and O–H groups in total. The van der Waals surface area contributed by atoms with Gasteiger partial charge in [0.25, 0.3) is 0 Å². The van der Waals surface area contributed by atoms with Crippen LogP contribution in [-0.2, 0) is 4.79 Å². The second kappa shape index (κ2) is 7.02. The molecule has 0 radical (unpaired) electrons. The maximum absolute atomic E-state index is 10.6. The lowest BCUT2D eigenvalue weighted by Crippen LogP contribution is -2.12. The van der Waals surface area contributed by atoms with Crippen molar-refractivity contribution in [3.63, 3.8) is 0 Å². The van der Waals surface area contributed by atoms with Gasteiger partial charge >= 0.3 is 5.97 Å². The predicted octanol–water partition coefficient (Wildman–Crippen LogP) is 3.23. The minimum atomic E-state index is -0.768. The zero-order chi connectivity index (χ0) is 13.5. The molecule has 96 valence electrons. The van der Waals surface area contributed by atoms with Gasteiger partial charge in [-0.2, -0.15) is 5.26 Å². The summed E-state index contributed by atoms with van der Waals surface area (Å²) in [5.74, 6) is -1.10. The van der Waals surface area contributed by atoms with Crippen LogP contribution in [0, 0.1) is 17.2 Å². The molecule has 1 rings (SSSR count). The average molecular weight is 311 g/mol. The van der Waals surface area contributed by atoms with Crippen LogP contribution in [0.4, 0.5) is 5.69 Å². The monoisotopic (exact) mass is 310 g/mol. The minimum absolute atomic E-state index is 0.329. The fourth-order valence-corrected chi connectivity index (χ4v) is 1.99. The molecule has 0 spiro atoms. The van der Waals surface area contributed by atoms with Crippen molar-refractivity contribution in [3.8, 4) is 6.07 Å². The average Bonchev–Trinajstić information content (AvgIpc) is 2.34. The van der Waals surface area contributed by atoms with Crippen LogP contribution in [0.1, 0.15) is 25.3 Å². The second-order valence-electron chi connectivity index (χ2n) is 4.08. The Kier molecular flexibility index (Phi) is 5.66. The molecule has 0 aliphatic rings. The van der Waals surface area contributed by atoms with Crippen LogP contribution in [0.25, 0.3) is 0 Å². The van der Waals surface area contributed by atoms with Crippen molar-refractivity contribution in [2.45, 2.75) is 19.8 Å². The van der Waals surface area contributed by atoms with E-state index in [0.717, 1.165) is 16.6 Å². The smallest absolute Gasteiger partial charge is 0.306 e. The third-order valence-corrected chi connectivity index (χ3v) is 3.34. The number of nitrogens with zero attached hydrogens (tertiary/aromatic N) is 1. The Morgan fingerprint density at radius 1 is 1.61 bits per heavy atom. The number of hydrogen-bond donors (Lipinski definition) is 2. The van der Waals surface area contributed by atoms with Crippen LogP contribution in [-0.4, -0.2) is 17.6 Å². The third kappa shape index (κ3) is 4.04. The summed E-state index contributed by atoms with van der Waals surface area (Å²) in [5.41, 5.74) is 1.35. The van der Waals surface area contributed by atoms with Gasteiger partial charge in [0, 0.05) is 11.0 Å². The number of nitrogens with one attached hydrogen (secondary N) is 1. The number of carboxylic acid groups (broad SMARTS) is 1. The Morgan fingerprint density at radius 2 is 2.33 bits per heavy atom. The quantitative estimate of drug-likeness (QED) is 0.791. The first kappa shape index (κ1) is 14.5. The molecule has 0 aliphatic heterocycles. The fourth-order valence-electron chi connectivity index (χ4n) is 1.54. The van der Waals surface area contributed by atoms with E-state index in [1.54, 1.807) is 6.92 Å². The first-order valence-electron chi connectivity index (χ1n) is 5.71. The van der Waals surface area contributed by atoms with Crippen LogP contribution < -0.4 is 5.32 Å². The van der Waals surface area contributed by atoms with Gasteiger partial charge in [0.15, 0.2) is 0 Å². The second-order valence-corrected chi connectivity index (χ2v) is 4.94. The highest BCUT2D eigenvalue weighted by Gasteiger charge is 2.10. The molecular weight excluding hydrogens is 296 g/mol. The third-order valence-electron chi connectivity index (χ3n) is 2.68. The lowest BCUT2D eigenvalue weighted by atomic mass is 10.1. The van der Waals surface area contributed by atoms with Crippen molar-refractivity contribution in [3.05, 3.63) is 28.2 Å². The molecule has 5 heteroatoms. The van der Waals surface area contributed by atoms with Gasteiger partial charge in [0.2, 0.25) is 0 Å². The summed E-state index contributed by atoms with van der Waals surface area (Å²) < 4.78 is 0.758. The number of carboxylic acids is 1. The molecule has 0 heterocycles. The standard InChI is InChI=1S/C13H15BrN2O2/c1-9(13(17)18)4-3-7-16-12-6-2-5-11(14)10(12)8-15/h2,5-6,9,16H,3-4,7H2,1H3,(H,17,18). The van der Waals surface area contributed by atoms with Gasteiger partial charge in [0.1, 0.15) is 6.07 Å². The van der Waals surface area contributed by atoms with Crippen molar-refractivity contribution in [2.75, 3.05) is 11.9 Å². The van der Waals surface area contributed by atoms with E-state index in [0.29, 0.717) is 18.5 Å². The topological polar surface area (TPSA) is 73.1 Å². The number of rotatable bonds is 6. The molecule has 1 aromatic rings. The molecule has 1 unspecified atom stereocenters. The predicted molar refractivity (Wildman–Crippen MR) is 73.4 cm³/mol. The van der Waals surface area contributed by atoms with Crippen molar-refractivity contribution in [1.82, 2.24) is 0 Å². The van der Waals surface area contributed by atoms with Crippen LogP contribution in [0.15, 0.2) is 22.7 Å². The molecule has 0 fully saturated rings. The van der Waals surface area contributed by atoms with Gasteiger partial charge in [-0.05, 0) is 40.9 Å². The number of anilines is 1. The number of carbonyl (C=O) groups is 1. The van der Waals surface area contributed by atoms with Crippen molar-refractivity contribution in [2.24, 2.45) is 5.92 Å². The molecule has 1 atom stereocenters. The Morgan fingerprint density at radius 3 is 2.94 bits per heavy atom. The van der Waals surface area contributed by atoms with E-state index in [4.69, 9.17) is 10.4 Å². The summed E-state index contributed by atoms with van der Waals surface area (Å²) in [6, 6.07) is 7.64. The van der Waals surface area contributed by atoms with Crippen LogP contribution >= 0.6 is 15.9 Å². The van der Waals surface area contributed by atoms with E-state index in [1.807, 2.05) is 18.2 Å². The number of hydrogen-bond acceptors (Lipinski definition) is 3. The van der Waals surface area contributed by atoms with E-state index in [2.05, 4.69) is 27.3 Å². The Labute approximate surface area is 115 Å². The maximum atomic E-state index is 10.6. The zero-order valence-corrected chi connectivity index (χ0v) is 11.7. The van der Waals surface area contributed by atoms with E-state index < -0.39 is 5.97 Å². The van der Waals surface area contributed by atoms with E-state index in [-0.39, 0.29) is 5.92 Å². The van der Waals surface area contributed by atoms with E-state index in [9.17, 15) is 4.79 Å². The Balaban J connectivity index is 2.48. The molecule has 4 nitrogen and oxygen atoms in total. The van der Waals surface area contributed by atoms with Crippen LogP contribution in [0.5, 0.6) is 0 Å². The normalized spacial score (nSPS) is 11.6. The highest BCUT2D eigenvalue weighted by Crippen LogP contribution is 2.23. The van der Waals surface area contributed by atoms with E-state index in [1.165, 1.54) is 0 Å². The number of nitriles is 1. The van der Waals surface area contributed by atoms with Gasteiger partial charge in [-0.1, -0.05) is 13.0 Å². The van der Waals surface area contributed by atoms with Gasteiger partial charge < -0.3 is 10.4 Å². The Hall–Kier alpha value is -1.54. The molecule has 0 aromatic heterocycles. The lowest BCUT2D eigenvalue weighted by Gasteiger charge is -2.10. The van der Waals surface area contributed by atoms with Gasteiger partial charge in [-0.3, -0.25) is 4.79 Å². The van der Waals surface area contributed by atoms with Gasteiger partial charge in [-0.15, -0.1) is 0 Å². The molecule has 0 amide bonds. The van der Waals surface area contributed by atoms with Crippen molar-refractivity contribution < 1.29 is 9.90 Å². The number of benzene rings is 1. The summed E-state index contributed by atoms with van der Waals surface area (Å²) >= 11 is 3.32. The van der Waals surface area contributed by atoms with E-state index >= 15 is 0 Å². The lowest BCUT2D eigenvalue weighted by molar-refractivity contribution is -0.141. The molecule has 0 bridgehead atoms. The summed E-state index contributed by atoms with van der Waals surface area (Å²) in [6.07, 6.45) is 1.38. The fraction of sp³-hybridized carbons (Fsp3) is 0.385. The molecule has 18 heavy (non-hydrogen) atoms. The van der Waals surface area contributed by atoms with Crippen LogP contribution in [0.2, 0.25) is 0 Å². The summed E-state index contributed by atoms with van der Waals surface area (Å²) in [6.45, 7) is 2.35. The van der Waals surface area contributed by atoms with Crippen LogP contribution in [0.3, 0.4) is 0 Å². The molecule has 0 aliphatic carbocycles. The molecule has 0 saturated carbocycles.